The smallest absolute Gasteiger partial charge is 0.354 e. The molecule has 27 heavy (non-hydrogen) atoms. The van der Waals surface area contributed by atoms with Crippen molar-refractivity contribution in [2.75, 3.05) is 0 Å². The van der Waals surface area contributed by atoms with Gasteiger partial charge in [-0.05, 0) is 59.3 Å². The normalized spacial score (nSPS) is 11.2. The van der Waals surface area contributed by atoms with Crippen molar-refractivity contribution >= 4 is 51.2 Å². The standard InChI is InChI=1S/C19H13ClIN3O2S/c1-11-4-3-7-23-16(11)24(10-14-9-22-19(20)27-14)18(26)15(17(23)25)12-5-2-6-13(21)8-12/h2-9H,10H2,1H3/p+1. The van der Waals surface area contributed by atoms with Crippen LogP contribution in [0.1, 0.15) is 10.4 Å². The van der Waals surface area contributed by atoms with Gasteiger partial charge in [0.2, 0.25) is 0 Å². The molecule has 3 aromatic heterocycles. The van der Waals surface area contributed by atoms with Crippen LogP contribution in [0.15, 0.2) is 53.6 Å². The molecule has 0 saturated carbocycles. The summed E-state index contributed by atoms with van der Waals surface area (Å²) in [6.07, 6.45) is 3.40. The number of hydrogen-bond acceptors (Lipinski definition) is 4. The molecule has 0 saturated heterocycles. The summed E-state index contributed by atoms with van der Waals surface area (Å²) < 4.78 is 4.74. The zero-order chi connectivity index (χ0) is 19.1. The molecule has 5 nitrogen and oxygen atoms in total. The van der Waals surface area contributed by atoms with E-state index in [1.165, 1.54) is 11.3 Å². The third-order valence-corrected chi connectivity index (χ3v) is 6.05. The van der Waals surface area contributed by atoms with Crippen molar-refractivity contribution in [1.82, 2.24) is 9.38 Å². The third kappa shape index (κ3) is 3.35. The number of aromatic nitrogens is 3. The lowest BCUT2D eigenvalue weighted by Crippen LogP contribution is -2.41. The maximum Gasteiger partial charge on any atom is 0.354 e. The van der Waals surface area contributed by atoms with Gasteiger partial charge in [0, 0.05) is 15.3 Å². The Labute approximate surface area is 177 Å². The fraction of sp³-hybridized carbons (Fsp3) is 0.105. The quantitative estimate of drug-likeness (QED) is 0.334. The van der Waals surface area contributed by atoms with E-state index in [-0.39, 0.29) is 17.0 Å². The number of halogens is 2. The SMILES string of the molecule is Cc1cccn2c(=O)c(-c3cccc(I)c3)c(O)[n+](Cc3cnc(Cl)s3)c12. The number of hydrogen-bond donors (Lipinski definition) is 1. The average Bonchev–Trinajstić information content (AvgIpc) is 3.04. The molecule has 0 atom stereocenters. The molecule has 4 rings (SSSR count). The molecule has 0 aliphatic heterocycles. The highest BCUT2D eigenvalue weighted by molar-refractivity contribution is 14.1. The van der Waals surface area contributed by atoms with Gasteiger partial charge in [0.25, 0.3) is 11.5 Å². The molecule has 1 aromatic carbocycles. The Morgan fingerprint density at radius 2 is 2.15 bits per heavy atom. The Morgan fingerprint density at radius 1 is 1.33 bits per heavy atom. The molecule has 0 amide bonds. The average molecular weight is 511 g/mol. The van der Waals surface area contributed by atoms with Crippen molar-refractivity contribution in [3.63, 3.8) is 0 Å². The predicted molar refractivity (Wildman–Crippen MR) is 115 cm³/mol. The van der Waals surface area contributed by atoms with E-state index < -0.39 is 0 Å². The summed E-state index contributed by atoms with van der Waals surface area (Å²) in [5.74, 6) is -0.0687. The molecule has 0 aliphatic carbocycles. The van der Waals surface area contributed by atoms with Crippen molar-refractivity contribution in [1.29, 1.82) is 0 Å². The van der Waals surface area contributed by atoms with E-state index in [2.05, 4.69) is 27.6 Å². The zero-order valence-electron chi connectivity index (χ0n) is 14.2. The van der Waals surface area contributed by atoms with Gasteiger partial charge < -0.3 is 5.11 Å². The van der Waals surface area contributed by atoms with Crippen LogP contribution in [-0.4, -0.2) is 14.5 Å². The summed E-state index contributed by atoms with van der Waals surface area (Å²) in [6, 6.07) is 11.3. The summed E-state index contributed by atoms with van der Waals surface area (Å²) in [5, 5.41) is 11.1. The largest absolute Gasteiger partial charge is 0.477 e. The maximum atomic E-state index is 13.2. The molecule has 1 N–H and O–H groups in total. The summed E-state index contributed by atoms with van der Waals surface area (Å²) in [7, 11) is 0. The lowest BCUT2D eigenvalue weighted by atomic mass is 10.1. The van der Waals surface area contributed by atoms with Crippen molar-refractivity contribution in [3.8, 4) is 17.0 Å². The van der Waals surface area contributed by atoms with Crippen molar-refractivity contribution < 1.29 is 9.67 Å². The first-order valence-corrected chi connectivity index (χ1v) is 10.4. The highest BCUT2D eigenvalue weighted by Gasteiger charge is 2.26. The summed E-state index contributed by atoms with van der Waals surface area (Å²) in [6.45, 7) is 2.28. The minimum absolute atomic E-state index is 0.0687. The Hall–Kier alpha value is -1.97. The second-order valence-corrected chi connectivity index (χ2v) is 9.01. The summed E-state index contributed by atoms with van der Waals surface area (Å²) in [4.78, 5) is 18.1. The molecule has 0 fully saturated rings. The summed E-state index contributed by atoms with van der Waals surface area (Å²) in [5.41, 5.74) is 2.21. The van der Waals surface area contributed by atoms with Crippen LogP contribution in [-0.2, 0) is 6.54 Å². The lowest BCUT2D eigenvalue weighted by molar-refractivity contribution is -0.671. The second kappa shape index (κ2) is 7.21. The Bertz CT molecular complexity index is 1240. The number of aryl methyl sites for hydroxylation is 1. The van der Waals surface area contributed by atoms with E-state index >= 15 is 0 Å². The molecule has 0 radical (unpaired) electrons. The number of thiazole rings is 1. The third-order valence-electron chi connectivity index (χ3n) is 4.28. The Kier molecular flexibility index (Phi) is 4.92. The first-order chi connectivity index (χ1) is 13.0. The van der Waals surface area contributed by atoms with E-state index in [0.717, 1.165) is 14.0 Å². The monoisotopic (exact) mass is 510 g/mol. The van der Waals surface area contributed by atoms with Gasteiger partial charge >= 0.3 is 5.56 Å². The molecule has 0 spiro atoms. The molecule has 8 heteroatoms. The number of pyridine rings is 1. The highest BCUT2D eigenvalue weighted by atomic mass is 127. The van der Waals surface area contributed by atoms with E-state index in [4.69, 9.17) is 11.6 Å². The topological polar surface area (TPSA) is 58.5 Å². The lowest BCUT2D eigenvalue weighted by Gasteiger charge is -2.11. The fourth-order valence-electron chi connectivity index (χ4n) is 3.13. The van der Waals surface area contributed by atoms with Crippen LogP contribution in [0.25, 0.3) is 16.8 Å². The van der Waals surface area contributed by atoms with Gasteiger partial charge in [0.05, 0.1) is 11.1 Å². The van der Waals surface area contributed by atoms with E-state index in [9.17, 15) is 9.90 Å². The fourth-order valence-corrected chi connectivity index (χ4v) is 4.64. The molecule has 3 heterocycles. The number of benzene rings is 1. The number of fused-ring (bicyclic) bond motifs is 1. The van der Waals surface area contributed by atoms with Crippen LogP contribution in [0.5, 0.6) is 5.88 Å². The molecule has 0 aliphatic rings. The van der Waals surface area contributed by atoms with E-state index in [1.54, 1.807) is 21.4 Å². The van der Waals surface area contributed by atoms with E-state index in [1.807, 2.05) is 43.3 Å². The summed E-state index contributed by atoms with van der Waals surface area (Å²) >= 11 is 9.50. The molecular weight excluding hydrogens is 497 g/mol. The number of nitrogens with zero attached hydrogens (tertiary/aromatic N) is 3. The number of aromatic hydroxyl groups is 1. The first kappa shape index (κ1) is 18.4. The van der Waals surface area contributed by atoms with E-state index in [0.29, 0.717) is 22.2 Å². The number of rotatable bonds is 3. The molecule has 4 aromatic rings. The van der Waals surface area contributed by atoms with Gasteiger partial charge in [-0.15, -0.1) is 11.3 Å². The van der Waals surface area contributed by atoms with Crippen molar-refractivity contribution in [3.05, 3.63) is 77.6 Å². The van der Waals surface area contributed by atoms with Gasteiger partial charge in [0.1, 0.15) is 6.54 Å². The molecule has 0 unspecified atom stereocenters. The van der Waals surface area contributed by atoms with Crippen LogP contribution < -0.4 is 10.1 Å². The minimum atomic E-state index is -0.258. The Balaban J connectivity index is 2.07. The van der Waals surface area contributed by atoms with Crippen LogP contribution >= 0.6 is 45.5 Å². The van der Waals surface area contributed by atoms with Crippen molar-refractivity contribution in [2.24, 2.45) is 0 Å². The maximum absolute atomic E-state index is 13.2. The van der Waals surface area contributed by atoms with Gasteiger partial charge in [-0.1, -0.05) is 23.7 Å². The molecule has 136 valence electrons. The zero-order valence-corrected chi connectivity index (χ0v) is 17.9. The van der Waals surface area contributed by atoms with Crippen LogP contribution in [0, 0.1) is 10.5 Å². The van der Waals surface area contributed by atoms with Gasteiger partial charge in [-0.2, -0.15) is 8.97 Å². The molecule has 0 bridgehead atoms. The van der Waals surface area contributed by atoms with Gasteiger partial charge in [0.15, 0.2) is 10.0 Å². The van der Waals surface area contributed by atoms with Crippen LogP contribution in [0.3, 0.4) is 0 Å². The second-order valence-electron chi connectivity index (χ2n) is 6.06. The highest BCUT2D eigenvalue weighted by Crippen LogP contribution is 2.26. The first-order valence-electron chi connectivity index (χ1n) is 8.08. The Morgan fingerprint density at radius 3 is 2.85 bits per heavy atom. The molecular formula is C19H14ClIN3O2S+. The predicted octanol–water partition coefficient (Wildman–Crippen LogP) is 4.03. The minimum Gasteiger partial charge on any atom is -0.477 e. The van der Waals surface area contributed by atoms with Gasteiger partial charge in [-0.25, -0.2) is 9.78 Å². The van der Waals surface area contributed by atoms with Crippen molar-refractivity contribution in [2.45, 2.75) is 13.5 Å². The van der Waals surface area contributed by atoms with Crippen LogP contribution in [0.4, 0.5) is 0 Å². The van der Waals surface area contributed by atoms with Gasteiger partial charge in [-0.3, -0.25) is 0 Å². The van der Waals surface area contributed by atoms with Crippen LogP contribution in [0.2, 0.25) is 4.47 Å².